The van der Waals surface area contributed by atoms with Crippen molar-refractivity contribution in [3.05, 3.63) is 47.6 Å². The van der Waals surface area contributed by atoms with Gasteiger partial charge >= 0.3 is 0 Å². The normalized spacial score (nSPS) is 43.1. The van der Waals surface area contributed by atoms with Gasteiger partial charge in [0.25, 0.3) is 0 Å². The van der Waals surface area contributed by atoms with E-state index in [0.717, 1.165) is 23.0 Å². The molecular weight excluding hydrogens is 344 g/mol. The third-order valence-corrected chi connectivity index (χ3v) is 8.25. The second kappa shape index (κ2) is 7.95. The van der Waals surface area contributed by atoms with Crippen molar-refractivity contribution in [2.45, 2.75) is 83.8 Å². The molecule has 0 radical (unpaired) electrons. The summed E-state index contributed by atoms with van der Waals surface area (Å²) in [5.41, 5.74) is 3.83. The number of hydrogen-bond acceptors (Lipinski definition) is 2. The number of hydrogen-bond donors (Lipinski definition) is 2. The van der Waals surface area contributed by atoms with Crippen molar-refractivity contribution in [1.82, 2.24) is 0 Å². The van der Waals surface area contributed by atoms with Gasteiger partial charge < -0.3 is 10.2 Å². The second-order valence-electron chi connectivity index (χ2n) is 10.2. The molecule has 2 nitrogen and oxygen atoms in total. The molecule has 4 rings (SSSR count). The van der Waals surface area contributed by atoms with E-state index in [-0.39, 0.29) is 0 Å². The summed E-state index contributed by atoms with van der Waals surface area (Å²) in [7, 11) is 0. The Bertz CT molecular complexity index is 695. The molecule has 0 aromatic rings. The Labute approximate surface area is 171 Å². The van der Waals surface area contributed by atoms with Crippen molar-refractivity contribution in [3.8, 4) is 0 Å². The van der Waals surface area contributed by atoms with Crippen molar-refractivity contribution >= 4 is 0 Å². The monoisotopic (exact) mass is 382 g/mol. The lowest BCUT2D eigenvalue weighted by Crippen LogP contribution is -2.35. The summed E-state index contributed by atoms with van der Waals surface area (Å²) in [5, 5.41) is 20.1. The summed E-state index contributed by atoms with van der Waals surface area (Å²) in [6.07, 6.45) is 18.7. The summed E-state index contributed by atoms with van der Waals surface area (Å²) >= 11 is 0. The first-order chi connectivity index (χ1) is 13.4. The highest BCUT2D eigenvalue weighted by Gasteiger charge is 2.50. The summed E-state index contributed by atoms with van der Waals surface area (Å²) in [4.78, 5) is 0. The van der Waals surface area contributed by atoms with Crippen LogP contribution in [-0.4, -0.2) is 22.4 Å². The van der Waals surface area contributed by atoms with Gasteiger partial charge in [-0.2, -0.15) is 0 Å². The van der Waals surface area contributed by atoms with Crippen LogP contribution in [0.5, 0.6) is 0 Å². The molecule has 6 atom stereocenters. The minimum atomic E-state index is -0.597. The quantitative estimate of drug-likeness (QED) is 0.610. The second-order valence-corrected chi connectivity index (χ2v) is 10.2. The standard InChI is InChI=1S/C26H38O2/c1-17(6-7-19-8-9-19)23-12-13-24-20(5-4-14-26(23,24)3)10-11-21-15-22(27)16-25(28)18(21)2/h6-7,10-11,17,19,22-25,27-28H,2,4-5,8-9,12-16H2,1,3H3/b7-6+,20-10+,21-11-/t17-,22-,23-,24?,25+,26-/m1/s1. The minimum Gasteiger partial charge on any atom is -0.393 e. The van der Waals surface area contributed by atoms with Crippen LogP contribution in [0.4, 0.5) is 0 Å². The fraction of sp³-hybridized carbons (Fsp3) is 0.692. The van der Waals surface area contributed by atoms with E-state index in [2.05, 4.69) is 44.7 Å². The van der Waals surface area contributed by atoms with E-state index >= 15 is 0 Å². The predicted octanol–water partition coefficient (Wildman–Crippen LogP) is 5.73. The van der Waals surface area contributed by atoms with Crippen molar-refractivity contribution in [1.29, 1.82) is 0 Å². The first-order valence-corrected chi connectivity index (χ1v) is 11.5. The zero-order chi connectivity index (χ0) is 19.9. The zero-order valence-electron chi connectivity index (χ0n) is 17.7. The van der Waals surface area contributed by atoms with Crippen molar-refractivity contribution in [2.75, 3.05) is 0 Å². The van der Waals surface area contributed by atoms with Crippen LogP contribution in [0.15, 0.2) is 47.6 Å². The molecule has 0 spiro atoms. The highest BCUT2D eigenvalue weighted by Crippen LogP contribution is 2.59. The third-order valence-electron chi connectivity index (χ3n) is 8.25. The lowest BCUT2D eigenvalue weighted by Gasteiger charge is -2.44. The summed E-state index contributed by atoms with van der Waals surface area (Å²) in [5.74, 6) is 3.02. The van der Waals surface area contributed by atoms with Gasteiger partial charge in [-0.05, 0) is 91.6 Å². The van der Waals surface area contributed by atoms with Gasteiger partial charge in [-0.15, -0.1) is 0 Å². The SMILES string of the molecule is C=C1/C(=C\C=C2/CCC[C@@]3(C)C2CC[C@@H]3[C@H](C)/C=C/C2CC2)C[C@@H](O)C[C@@H]1O. The van der Waals surface area contributed by atoms with Crippen molar-refractivity contribution in [2.24, 2.45) is 29.1 Å². The molecule has 0 aromatic carbocycles. The molecule has 0 bridgehead atoms. The van der Waals surface area contributed by atoms with Crippen molar-refractivity contribution < 1.29 is 10.2 Å². The first kappa shape index (κ1) is 20.2. The Hall–Kier alpha value is -1.12. The molecule has 4 saturated carbocycles. The molecule has 1 unspecified atom stereocenters. The molecule has 4 aliphatic rings. The molecule has 154 valence electrons. The average Bonchev–Trinajstić information content (AvgIpc) is 3.41. The molecule has 2 heteroatoms. The van der Waals surface area contributed by atoms with Crippen LogP contribution in [0.1, 0.15) is 71.6 Å². The smallest absolute Gasteiger partial charge is 0.0811 e. The van der Waals surface area contributed by atoms with E-state index in [4.69, 9.17) is 0 Å². The number of rotatable bonds is 4. The molecule has 4 aliphatic carbocycles. The van der Waals surface area contributed by atoms with Crippen LogP contribution in [0.3, 0.4) is 0 Å². The maximum absolute atomic E-state index is 10.1. The number of aliphatic hydroxyl groups is 2. The van der Waals surface area contributed by atoms with Crippen LogP contribution >= 0.6 is 0 Å². The van der Waals surface area contributed by atoms with Gasteiger partial charge in [0, 0.05) is 6.42 Å². The van der Waals surface area contributed by atoms with E-state index in [1.54, 1.807) is 5.57 Å². The van der Waals surface area contributed by atoms with E-state index < -0.39 is 12.2 Å². The molecule has 4 fully saturated rings. The molecule has 0 saturated heterocycles. The van der Waals surface area contributed by atoms with Gasteiger partial charge in [-0.25, -0.2) is 0 Å². The Balaban J connectivity index is 1.51. The molecule has 0 amide bonds. The lowest BCUT2D eigenvalue weighted by atomic mass is 9.61. The summed E-state index contributed by atoms with van der Waals surface area (Å²) < 4.78 is 0. The van der Waals surface area contributed by atoms with Gasteiger partial charge in [0.2, 0.25) is 0 Å². The largest absolute Gasteiger partial charge is 0.393 e. The summed E-state index contributed by atoms with van der Waals surface area (Å²) in [6, 6.07) is 0. The van der Waals surface area contributed by atoms with E-state index in [1.807, 2.05) is 0 Å². The van der Waals surface area contributed by atoms with E-state index in [0.29, 0.717) is 30.1 Å². The Morgan fingerprint density at radius 2 is 1.93 bits per heavy atom. The number of aliphatic hydroxyl groups excluding tert-OH is 2. The molecule has 2 N–H and O–H groups in total. The number of fused-ring (bicyclic) bond motifs is 1. The van der Waals surface area contributed by atoms with Crippen molar-refractivity contribution in [3.63, 3.8) is 0 Å². The Morgan fingerprint density at radius 3 is 2.68 bits per heavy atom. The predicted molar refractivity (Wildman–Crippen MR) is 116 cm³/mol. The van der Waals surface area contributed by atoms with E-state index in [1.165, 1.54) is 44.9 Å². The molecule has 0 aromatic heterocycles. The van der Waals surface area contributed by atoms with Crippen LogP contribution in [0.2, 0.25) is 0 Å². The summed E-state index contributed by atoms with van der Waals surface area (Å²) in [6.45, 7) is 9.05. The van der Waals surface area contributed by atoms with Gasteiger partial charge in [-0.1, -0.05) is 50.3 Å². The first-order valence-electron chi connectivity index (χ1n) is 11.5. The van der Waals surface area contributed by atoms with Gasteiger partial charge in [0.05, 0.1) is 12.2 Å². The van der Waals surface area contributed by atoms with Crippen LogP contribution in [0.25, 0.3) is 0 Å². The minimum absolute atomic E-state index is 0.415. The van der Waals surface area contributed by atoms with Gasteiger partial charge in [0.1, 0.15) is 0 Å². The topological polar surface area (TPSA) is 40.5 Å². The molecule has 0 aliphatic heterocycles. The molecular formula is C26H38O2. The Kier molecular flexibility index (Phi) is 5.73. The fourth-order valence-corrected chi connectivity index (χ4v) is 6.36. The number of allylic oxidation sites excluding steroid dienone is 5. The van der Waals surface area contributed by atoms with Crippen LogP contribution < -0.4 is 0 Å². The maximum atomic E-state index is 10.1. The van der Waals surface area contributed by atoms with Gasteiger partial charge in [0.15, 0.2) is 0 Å². The average molecular weight is 383 g/mol. The third kappa shape index (κ3) is 3.96. The zero-order valence-corrected chi connectivity index (χ0v) is 17.7. The maximum Gasteiger partial charge on any atom is 0.0811 e. The fourth-order valence-electron chi connectivity index (χ4n) is 6.36. The molecule has 0 heterocycles. The van der Waals surface area contributed by atoms with Gasteiger partial charge in [-0.3, -0.25) is 0 Å². The van der Waals surface area contributed by atoms with E-state index in [9.17, 15) is 10.2 Å². The highest BCUT2D eigenvalue weighted by molar-refractivity contribution is 5.38. The lowest BCUT2D eigenvalue weighted by molar-refractivity contribution is 0.0862. The van der Waals surface area contributed by atoms with Crippen LogP contribution in [-0.2, 0) is 0 Å². The Morgan fingerprint density at radius 1 is 1.14 bits per heavy atom. The molecule has 28 heavy (non-hydrogen) atoms. The highest BCUT2D eigenvalue weighted by atomic mass is 16.3. The van der Waals surface area contributed by atoms with Crippen LogP contribution in [0, 0.1) is 29.1 Å².